The van der Waals surface area contributed by atoms with Gasteiger partial charge in [-0.2, -0.15) is 13.2 Å². The van der Waals surface area contributed by atoms with E-state index in [1.807, 2.05) is 5.32 Å². The van der Waals surface area contributed by atoms with Gasteiger partial charge in [-0.15, -0.1) is 0 Å². The third kappa shape index (κ3) is 2.50. The summed E-state index contributed by atoms with van der Waals surface area (Å²) in [4.78, 5) is 10.1. The summed E-state index contributed by atoms with van der Waals surface area (Å²) in [5.74, 6) is -1.51. The fourth-order valence-electron chi connectivity index (χ4n) is 1.68. The van der Waals surface area contributed by atoms with E-state index >= 15 is 0 Å². The summed E-state index contributed by atoms with van der Waals surface area (Å²) in [6, 6.07) is -0.961. The minimum absolute atomic E-state index is 0.0223. The van der Waals surface area contributed by atoms with E-state index in [1.165, 1.54) is 0 Å². The van der Waals surface area contributed by atoms with Gasteiger partial charge in [0.15, 0.2) is 0 Å². The van der Waals surface area contributed by atoms with Crippen LogP contribution in [0.2, 0.25) is 0 Å². The molecule has 2 N–H and O–H groups in total. The lowest BCUT2D eigenvalue weighted by molar-refractivity contribution is -0.177. The minimum Gasteiger partial charge on any atom is -0.465 e. The summed E-state index contributed by atoms with van der Waals surface area (Å²) in [6.07, 6.45) is -4.95. The van der Waals surface area contributed by atoms with Gasteiger partial charge in [0.05, 0.1) is 5.92 Å². The van der Waals surface area contributed by atoms with Crippen molar-refractivity contribution in [1.82, 2.24) is 5.32 Å². The highest BCUT2D eigenvalue weighted by molar-refractivity contribution is 5.64. The number of carbonyl (C=O) groups is 1. The van der Waals surface area contributed by atoms with Gasteiger partial charge in [-0.3, -0.25) is 0 Å². The number of hydrogen-bond acceptors (Lipinski definition) is 1. The topological polar surface area (TPSA) is 49.3 Å². The van der Waals surface area contributed by atoms with Gasteiger partial charge in [0.25, 0.3) is 0 Å². The van der Waals surface area contributed by atoms with Crippen LogP contribution in [-0.2, 0) is 0 Å². The fourth-order valence-corrected chi connectivity index (χ4v) is 1.68. The van der Waals surface area contributed by atoms with Crippen molar-refractivity contribution in [2.45, 2.75) is 31.5 Å². The Labute approximate surface area is 72.9 Å². The van der Waals surface area contributed by atoms with Crippen LogP contribution in [0, 0.1) is 5.92 Å². The average molecular weight is 197 g/mol. The maximum atomic E-state index is 12.2. The van der Waals surface area contributed by atoms with Gasteiger partial charge < -0.3 is 10.4 Å². The first kappa shape index (κ1) is 10.1. The van der Waals surface area contributed by atoms with Crippen LogP contribution in [0.3, 0.4) is 0 Å². The van der Waals surface area contributed by atoms with E-state index in [0.717, 1.165) is 0 Å². The molecule has 0 bridgehead atoms. The molecule has 0 radical (unpaired) electrons. The van der Waals surface area contributed by atoms with Crippen molar-refractivity contribution in [3.63, 3.8) is 0 Å². The van der Waals surface area contributed by atoms with Gasteiger partial charge in [-0.1, -0.05) is 6.42 Å². The van der Waals surface area contributed by atoms with Crippen LogP contribution in [0.15, 0.2) is 0 Å². The second-order valence-electron chi connectivity index (χ2n) is 3.13. The van der Waals surface area contributed by atoms with Crippen LogP contribution in [0.25, 0.3) is 0 Å². The predicted octanol–water partition coefficient (Wildman–Crippen LogP) is 1.98. The number of amides is 1. The summed E-state index contributed by atoms with van der Waals surface area (Å²) in [7, 11) is 0. The maximum absolute atomic E-state index is 12.2. The molecule has 1 aliphatic rings. The molecule has 2 atom stereocenters. The Balaban J connectivity index is 2.59. The summed E-state index contributed by atoms with van der Waals surface area (Å²) in [5.41, 5.74) is 0. The molecule has 13 heavy (non-hydrogen) atoms. The fraction of sp³-hybridized carbons (Fsp3) is 0.857. The highest BCUT2D eigenvalue weighted by Crippen LogP contribution is 2.38. The van der Waals surface area contributed by atoms with Crippen molar-refractivity contribution in [2.24, 2.45) is 5.92 Å². The number of alkyl halides is 3. The number of nitrogens with one attached hydrogen (secondary N) is 1. The molecule has 0 aliphatic heterocycles. The minimum atomic E-state index is -4.29. The van der Waals surface area contributed by atoms with Crippen LogP contribution in [0.5, 0.6) is 0 Å². The second-order valence-corrected chi connectivity index (χ2v) is 3.13. The summed E-state index contributed by atoms with van der Waals surface area (Å²) in [5, 5.41) is 10.2. The molecule has 1 aliphatic carbocycles. The number of halogens is 3. The first-order valence-corrected chi connectivity index (χ1v) is 3.97. The number of carboxylic acid groups (broad SMARTS) is 1. The van der Waals surface area contributed by atoms with Crippen LogP contribution >= 0.6 is 0 Å². The Bertz CT molecular complexity index is 204. The zero-order chi connectivity index (χ0) is 10.1. The van der Waals surface area contributed by atoms with Gasteiger partial charge in [-0.25, -0.2) is 4.79 Å². The van der Waals surface area contributed by atoms with E-state index in [2.05, 4.69) is 0 Å². The van der Waals surface area contributed by atoms with Crippen molar-refractivity contribution < 1.29 is 23.1 Å². The van der Waals surface area contributed by atoms with E-state index in [1.54, 1.807) is 0 Å². The number of rotatable bonds is 1. The quantitative estimate of drug-likeness (QED) is 0.675. The summed E-state index contributed by atoms with van der Waals surface area (Å²) < 4.78 is 36.7. The Morgan fingerprint density at radius 1 is 1.38 bits per heavy atom. The van der Waals surface area contributed by atoms with Crippen LogP contribution in [-0.4, -0.2) is 23.4 Å². The molecule has 6 heteroatoms. The predicted molar refractivity (Wildman–Crippen MR) is 38.3 cm³/mol. The van der Waals surface area contributed by atoms with Crippen LogP contribution in [0.1, 0.15) is 19.3 Å². The van der Waals surface area contributed by atoms with E-state index in [4.69, 9.17) is 5.11 Å². The molecule has 0 aromatic carbocycles. The lowest BCUT2D eigenvalue weighted by atomic mass is 10.0. The van der Waals surface area contributed by atoms with E-state index in [0.29, 0.717) is 6.42 Å². The Hall–Kier alpha value is -0.940. The van der Waals surface area contributed by atoms with Gasteiger partial charge in [-0.05, 0) is 12.8 Å². The Kier molecular flexibility index (Phi) is 2.68. The highest BCUT2D eigenvalue weighted by Gasteiger charge is 2.47. The van der Waals surface area contributed by atoms with Gasteiger partial charge >= 0.3 is 12.3 Å². The first-order chi connectivity index (χ1) is 5.91. The van der Waals surface area contributed by atoms with Crippen molar-refractivity contribution in [2.75, 3.05) is 0 Å². The lowest BCUT2D eigenvalue weighted by Gasteiger charge is -2.21. The van der Waals surface area contributed by atoms with Gasteiger partial charge in [0.1, 0.15) is 0 Å². The molecule has 0 saturated heterocycles. The Morgan fingerprint density at radius 2 is 2.00 bits per heavy atom. The van der Waals surface area contributed by atoms with E-state index in [9.17, 15) is 18.0 Å². The zero-order valence-corrected chi connectivity index (χ0v) is 6.77. The molecule has 1 saturated carbocycles. The SMILES string of the molecule is O=C(O)N[C@@H]1CCC[C@@H]1C(F)(F)F. The third-order valence-corrected chi connectivity index (χ3v) is 2.25. The average Bonchev–Trinajstić information content (AvgIpc) is 2.31. The lowest BCUT2D eigenvalue weighted by Crippen LogP contribution is -2.42. The molecule has 0 heterocycles. The molecule has 76 valence electrons. The summed E-state index contributed by atoms with van der Waals surface area (Å²) in [6.45, 7) is 0. The normalized spacial score (nSPS) is 28.8. The van der Waals surface area contributed by atoms with Crippen molar-refractivity contribution in [3.05, 3.63) is 0 Å². The number of hydrogen-bond donors (Lipinski definition) is 2. The molecule has 0 aromatic rings. The van der Waals surface area contributed by atoms with E-state index < -0.39 is 24.2 Å². The van der Waals surface area contributed by atoms with Gasteiger partial charge in [0, 0.05) is 6.04 Å². The zero-order valence-electron chi connectivity index (χ0n) is 6.77. The molecule has 3 nitrogen and oxygen atoms in total. The molecule has 0 aromatic heterocycles. The molecular formula is C7H10F3NO2. The van der Waals surface area contributed by atoms with Crippen molar-refractivity contribution in [3.8, 4) is 0 Å². The molecular weight excluding hydrogens is 187 g/mol. The molecule has 1 rings (SSSR count). The third-order valence-electron chi connectivity index (χ3n) is 2.25. The van der Waals surface area contributed by atoms with Crippen LogP contribution < -0.4 is 5.32 Å². The monoisotopic (exact) mass is 197 g/mol. The molecule has 0 spiro atoms. The highest BCUT2D eigenvalue weighted by atomic mass is 19.4. The second kappa shape index (κ2) is 3.43. The molecule has 1 fully saturated rings. The van der Waals surface area contributed by atoms with Crippen LogP contribution in [0.4, 0.5) is 18.0 Å². The molecule has 1 amide bonds. The van der Waals surface area contributed by atoms with E-state index in [-0.39, 0.29) is 12.8 Å². The standard InChI is InChI=1S/C7H10F3NO2/c8-7(9,10)4-2-1-3-5(4)11-6(12)13/h4-5,11H,1-3H2,(H,12,13)/t4-,5+/m0/s1. The largest absolute Gasteiger partial charge is 0.465 e. The first-order valence-electron chi connectivity index (χ1n) is 3.97. The van der Waals surface area contributed by atoms with Crippen molar-refractivity contribution >= 4 is 6.09 Å². The maximum Gasteiger partial charge on any atom is 0.404 e. The molecule has 0 unspecified atom stereocenters. The summed E-state index contributed by atoms with van der Waals surface area (Å²) >= 11 is 0. The van der Waals surface area contributed by atoms with Crippen molar-refractivity contribution in [1.29, 1.82) is 0 Å². The Morgan fingerprint density at radius 3 is 2.46 bits per heavy atom. The van der Waals surface area contributed by atoms with Gasteiger partial charge in [0.2, 0.25) is 0 Å². The smallest absolute Gasteiger partial charge is 0.404 e.